The number of fused-ring (bicyclic) bond motifs is 4. The van der Waals surface area contributed by atoms with Gasteiger partial charge in [-0.25, -0.2) is 4.39 Å². The predicted octanol–water partition coefficient (Wildman–Crippen LogP) is 5.96. The molecule has 3 heterocycles. The van der Waals surface area contributed by atoms with E-state index >= 15 is 4.39 Å². The summed E-state index contributed by atoms with van der Waals surface area (Å²) in [6, 6.07) is 11.9. The molecule has 0 radical (unpaired) electrons. The molecular formula is C22H22FNOS. The van der Waals surface area contributed by atoms with Gasteiger partial charge in [-0.05, 0) is 49.4 Å². The summed E-state index contributed by atoms with van der Waals surface area (Å²) in [4.78, 5) is 0. The van der Waals surface area contributed by atoms with Crippen molar-refractivity contribution in [1.29, 1.82) is 0 Å². The van der Waals surface area contributed by atoms with Gasteiger partial charge in [-0.15, -0.1) is 11.3 Å². The number of nitrogens with one attached hydrogen (secondary N) is 1. The fraction of sp³-hybridized carbons (Fsp3) is 0.364. The number of thiophene rings is 1. The van der Waals surface area contributed by atoms with Crippen LogP contribution in [0, 0.1) is 5.82 Å². The summed E-state index contributed by atoms with van der Waals surface area (Å²) in [5, 5.41) is 6.71. The second-order valence-corrected chi connectivity index (χ2v) is 9.20. The van der Waals surface area contributed by atoms with Crippen molar-refractivity contribution in [2.45, 2.75) is 44.2 Å². The quantitative estimate of drug-likeness (QED) is 0.573. The van der Waals surface area contributed by atoms with Crippen LogP contribution < -0.4 is 5.32 Å². The molecule has 2 aliphatic rings. The Balaban J connectivity index is 1.74. The summed E-state index contributed by atoms with van der Waals surface area (Å²) in [5.41, 5.74) is 3.43. The molecule has 0 saturated carbocycles. The van der Waals surface area contributed by atoms with E-state index in [1.54, 1.807) is 17.4 Å². The van der Waals surface area contributed by atoms with E-state index in [2.05, 4.69) is 49.7 Å². The van der Waals surface area contributed by atoms with Gasteiger partial charge in [0.25, 0.3) is 0 Å². The van der Waals surface area contributed by atoms with E-state index in [0.29, 0.717) is 5.56 Å². The number of hydrogen-bond acceptors (Lipinski definition) is 3. The predicted molar refractivity (Wildman–Crippen MR) is 107 cm³/mol. The fourth-order valence-electron chi connectivity index (χ4n) is 4.94. The summed E-state index contributed by atoms with van der Waals surface area (Å²) in [6.45, 7) is 7.30. The Morgan fingerprint density at radius 3 is 2.81 bits per heavy atom. The zero-order chi connectivity index (χ0) is 18.1. The maximum atomic E-state index is 15.1. The van der Waals surface area contributed by atoms with E-state index in [1.165, 1.54) is 10.3 Å². The molecule has 1 fully saturated rings. The van der Waals surface area contributed by atoms with E-state index in [9.17, 15) is 0 Å². The third-order valence-corrected chi connectivity index (χ3v) is 7.05. The number of ether oxygens (including phenoxy) is 1. The molecule has 2 aliphatic heterocycles. The minimum atomic E-state index is -0.221. The molecule has 2 nitrogen and oxygen atoms in total. The normalized spacial score (nSPS) is 26.4. The van der Waals surface area contributed by atoms with Crippen LogP contribution in [0.5, 0.6) is 0 Å². The minimum absolute atomic E-state index is 0.0834. The minimum Gasteiger partial charge on any atom is -0.377 e. The maximum absolute atomic E-state index is 15.1. The van der Waals surface area contributed by atoms with Crippen LogP contribution in [-0.4, -0.2) is 18.2 Å². The van der Waals surface area contributed by atoms with Crippen molar-refractivity contribution in [3.05, 3.63) is 53.2 Å². The average molecular weight is 367 g/mol. The van der Waals surface area contributed by atoms with Crippen LogP contribution in [0.1, 0.15) is 32.8 Å². The molecule has 3 aromatic rings. The largest absolute Gasteiger partial charge is 0.377 e. The standard InChI is InChI=1S/C22H22FNOS/c1-21(2)20-22(3,8-9-25-20)16-10-14(17(23)11-18(16)24-21)15-12-26-19-7-5-4-6-13(15)19/h4-7,10-12,20,24H,8-9H2,1-3H3. The van der Waals surface area contributed by atoms with E-state index < -0.39 is 0 Å². The third kappa shape index (κ3) is 2.12. The Morgan fingerprint density at radius 1 is 1.15 bits per heavy atom. The van der Waals surface area contributed by atoms with Gasteiger partial charge in [0.2, 0.25) is 0 Å². The summed E-state index contributed by atoms with van der Waals surface area (Å²) in [7, 11) is 0. The molecule has 2 atom stereocenters. The molecule has 0 aliphatic carbocycles. The molecule has 0 amide bonds. The summed E-state index contributed by atoms with van der Waals surface area (Å²) < 4.78 is 22.4. The van der Waals surface area contributed by atoms with Crippen molar-refractivity contribution in [3.63, 3.8) is 0 Å². The monoisotopic (exact) mass is 367 g/mol. The van der Waals surface area contributed by atoms with Crippen LogP contribution in [0.4, 0.5) is 10.1 Å². The number of anilines is 1. The highest BCUT2D eigenvalue weighted by Gasteiger charge is 2.53. The van der Waals surface area contributed by atoms with Crippen LogP contribution >= 0.6 is 11.3 Å². The second-order valence-electron chi connectivity index (χ2n) is 8.29. The first-order chi connectivity index (χ1) is 12.4. The SMILES string of the molecule is CC1(C)Nc2cc(F)c(-c3csc4ccccc34)cc2C2(C)CCOC12. The van der Waals surface area contributed by atoms with Crippen LogP contribution in [0.3, 0.4) is 0 Å². The summed E-state index contributed by atoms with van der Waals surface area (Å²) in [5.74, 6) is -0.170. The molecular weight excluding hydrogens is 345 g/mol. The van der Waals surface area contributed by atoms with Gasteiger partial charge in [-0.3, -0.25) is 0 Å². The van der Waals surface area contributed by atoms with Crippen molar-refractivity contribution in [3.8, 4) is 11.1 Å². The lowest BCUT2D eigenvalue weighted by Crippen LogP contribution is -2.56. The molecule has 2 unspecified atom stereocenters. The molecule has 26 heavy (non-hydrogen) atoms. The zero-order valence-electron chi connectivity index (χ0n) is 15.2. The lowest BCUT2D eigenvalue weighted by molar-refractivity contribution is 0.0352. The number of rotatable bonds is 1. The first kappa shape index (κ1) is 16.3. The second kappa shape index (κ2) is 5.30. The first-order valence-electron chi connectivity index (χ1n) is 9.10. The zero-order valence-corrected chi connectivity index (χ0v) is 16.0. The Bertz CT molecular complexity index is 1020. The molecule has 0 bridgehead atoms. The maximum Gasteiger partial charge on any atom is 0.133 e. The molecule has 4 heteroatoms. The summed E-state index contributed by atoms with van der Waals surface area (Å²) in [6.07, 6.45) is 1.05. The van der Waals surface area contributed by atoms with Crippen molar-refractivity contribution in [2.75, 3.05) is 11.9 Å². The fourth-order valence-corrected chi connectivity index (χ4v) is 5.90. The Hall–Kier alpha value is -1.91. The van der Waals surface area contributed by atoms with Crippen LogP contribution in [-0.2, 0) is 10.2 Å². The van der Waals surface area contributed by atoms with Crippen molar-refractivity contribution < 1.29 is 9.13 Å². The molecule has 5 rings (SSSR count). The first-order valence-corrected chi connectivity index (χ1v) is 9.98. The highest BCUT2D eigenvalue weighted by atomic mass is 32.1. The Kier molecular flexibility index (Phi) is 3.32. The van der Waals surface area contributed by atoms with Gasteiger partial charge < -0.3 is 10.1 Å². The summed E-state index contributed by atoms with van der Waals surface area (Å²) >= 11 is 1.67. The van der Waals surface area contributed by atoms with Gasteiger partial charge in [0.05, 0.1) is 11.6 Å². The molecule has 134 valence electrons. The van der Waals surface area contributed by atoms with E-state index in [-0.39, 0.29) is 22.9 Å². The Morgan fingerprint density at radius 2 is 1.96 bits per heavy atom. The van der Waals surface area contributed by atoms with Crippen molar-refractivity contribution in [1.82, 2.24) is 0 Å². The van der Waals surface area contributed by atoms with E-state index in [1.807, 2.05) is 12.1 Å². The molecule has 2 aromatic carbocycles. The average Bonchev–Trinajstić information content (AvgIpc) is 3.19. The van der Waals surface area contributed by atoms with Gasteiger partial charge in [0.1, 0.15) is 5.82 Å². The molecule has 1 N–H and O–H groups in total. The van der Waals surface area contributed by atoms with Gasteiger partial charge in [-0.1, -0.05) is 25.1 Å². The lowest BCUT2D eigenvalue weighted by atomic mass is 9.66. The smallest absolute Gasteiger partial charge is 0.133 e. The van der Waals surface area contributed by atoms with Crippen LogP contribution in [0.25, 0.3) is 21.2 Å². The topological polar surface area (TPSA) is 21.3 Å². The van der Waals surface area contributed by atoms with Crippen LogP contribution in [0.2, 0.25) is 0 Å². The molecule has 1 saturated heterocycles. The van der Waals surface area contributed by atoms with Gasteiger partial charge in [0.15, 0.2) is 0 Å². The van der Waals surface area contributed by atoms with Crippen molar-refractivity contribution >= 4 is 27.1 Å². The van der Waals surface area contributed by atoms with Gasteiger partial charge >= 0.3 is 0 Å². The van der Waals surface area contributed by atoms with Crippen LogP contribution in [0.15, 0.2) is 41.8 Å². The number of hydrogen-bond donors (Lipinski definition) is 1. The van der Waals surface area contributed by atoms with E-state index in [4.69, 9.17) is 4.74 Å². The number of benzene rings is 2. The highest BCUT2D eigenvalue weighted by Crippen LogP contribution is 2.51. The van der Waals surface area contributed by atoms with E-state index in [0.717, 1.165) is 29.7 Å². The highest BCUT2D eigenvalue weighted by molar-refractivity contribution is 7.17. The Labute approximate surface area is 157 Å². The van der Waals surface area contributed by atoms with Gasteiger partial charge in [-0.2, -0.15) is 0 Å². The molecule has 1 aromatic heterocycles. The third-order valence-electron chi connectivity index (χ3n) is 6.09. The van der Waals surface area contributed by atoms with Crippen molar-refractivity contribution in [2.24, 2.45) is 0 Å². The number of halogens is 1. The van der Waals surface area contributed by atoms with Gasteiger partial charge in [0, 0.05) is 38.9 Å². The molecule has 0 spiro atoms. The lowest BCUT2D eigenvalue weighted by Gasteiger charge is -2.48.